The predicted molar refractivity (Wildman–Crippen MR) is 91.0 cm³/mol. The third kappa shape index (κ3) is 5.03. The van der Waals surface area contributed by atoms with Crippen molar-refractivity contribution in [3.63, 3.8) is 0 Å². The van der Waals surface area contributed by atoms with E-state index in [-0.39, 0.29) is 17.4 Å². The number of nitrogens with one attached hydrogen (secondary N) is 3. The van der Waals surface area contributed by atoms with Crippen molar-refractivity contribution in [3.05, 3.63) is 55.3 Å². The van der Waals surface area contributed by atoms with Crippen molar-refractivity contribution in [3.8, 4) is 5.75 Å². The number of ether oxygens (including phenoxy) is 1. The van der Waals surface area contributed by atoms with Crippen LogP contribution in [0, 0.1) is 0 Å². The number of halogens is 4. The Bertz CT molecular complexity index is 971. The second-order valence-electron chi connectivity index (χ2n) is 5.53. The molecule has 12 heteroatoms. The van der Waals surface area contributed by atoms with Crippen LogP contribution >= 0.6 is 11.6 Å². The molecule has 0 fully saturated rings. The molecule has 1 aromatic heterocycles. The van der Waals surface area contributed by atoms with Gasteiger partial charge in [0.05, 0.1) is 16.6 Å². The van der Waals surface area contributed by atoms with Crippen LogP contribution in [-0.2, 0) is 6.18 Å². The van der Waals surface area contributed by atoms with Crippen LogP contribution in [0.3, 0.4) is 0 Å². The number of carbonyl (C=O) groups is 1. The first kappa shape index (κ1) is 20.4. The minimum atomic E-state index is -4.56. The Morgan fingerprint density at radius 3 is 2.63 bits per heavy atom. The van der Waals surface area contributed by atoms with Crippen LogP contribution in [0.2, 0.25) is 5.02 Å². The molecule has 0 spiro atoms. The summed E-state index contributed by atoms with van der Waals surface area (Å²) in [6.07, 6.45) is -4.56. The summed E-state index contributed by atoms with van der Waals surface area (Å²) in [5.74, 6) is -1.07. The fraction of sp³-hybridized carbons (Fsp3) is 0.267. The van der Waals surface area contributed by atoms with E-state index in [1.165, 1.54) is 6.92 Å². The molecule has 27 heavy (non-hydrogen) atoms. The Labute approximate surface area is 154 Å². The first-order valence-electron chi connectivity index (χ1n) is 7.41. The smallest absolute Gasteiger partial charge is 0.416 e. The summed E-state index contributed by atoms with van der Waals surface area (Å²) in [4.78, 5) is 38.7. The molecule has 0 radical (unpaired) electrons. The van der Waals surface area contributed by atoms with Gasteiger partial charge in [0.25, 0.3) is 11.5 Å². The molecule has 5 N–H and O–H groups in total. The number of carbonyl (C=O) groups excluding carboxylic acids is 1. The zero-order valence-electron chi connectivity index (χ0n) is 13.7. The SMILES string of the molecule is CC(COc1cc(C(F)(F)F)ccc1Cl)NC(=O)c1[nH]c(=O)[nH]c(=O)c1N. The summed E-state index contributed by atoms with van der Waals surface area (Å²) in [5, 5.41) is 2.36. The Kier molecular flexibility index (Phi) is 5.84. The van der Waals surface area contributed by atoms with Crippen molar-refractivity contribution >= 4 is 23.2 Å². The van der Waals surface area contributed by atoms with Crippen molar-refractivity contribution in [1.29, 1.82) is 0 Å². The zero-order chi connectivity index (χ0) is 20.4. The number of H-pyrrole nitrogens is 2. The molecule has 1 atom stereocenters. The van der Waals surface area contributed by atoms with E-state index in [2.05, 4.69) is 10.3 Å². The van der Waals surface area contributed by atoms with Gasteiger partial charge in [-0.1, -0.05) is 11.6 Å². The molecule has 1 amide bonds. The maximum Gasteiger partial charge on any atom is 0.416 e. The van der Waals surface area contributed by atoms with Gasteiger partial charge in [-0.05, 0) is 25.1 Å². The molecule has 2 rings (SSSR count). The number of nitrogens with two attached hydrogens (primary N) is 1. The molecule has 8 nitrogen and oxygen atoms in total. The minimum absolute atomic E-state index is 0.0373. The van der Waals surface area contributed by atoms with Crippen LogP contribution in [0.15, 0.2) is 27.8 Å². The lowest BCUT2D eigenvalue weighted by molar-refractivity contribution is -0.137. The third-order valence-corrected chi connectivity index (χ3v) is 3.64. The number of aromatic amines is 2. The average molecular weight is 407 g/mol. The minimum Gasteiger partial charge on any atom is -0.490 e. The predicted octanol–water partition coefficient (Wildman–Crippen LogP) is 1.51. The van der Waals surface area contributed by atoms with Gasteiger partial charge < -0.3 is 20.8 Å². The molecule has 0 bridgehead atoms. The summed E-state index contributed by atoms with van der Waals surface area (Å²) in [7, 11) is 0. The molecule has 2 aromatic rings. The van der Waals surface area contributed by atoms with Crippen molar-refractivity contribution in [2.45, 2.75) is 19.1 Å². The van der Waals surface area contributed by atoms with Crippen LogP contribution in [0.5, 0.6) is 5.75 Å². The summed E-state index contributed by atoms with van der Waals surface area (Å²) >= 11 is 5.81. The van der Waals surface area contributed by atoms with Gasteiger partial charge in [0.15, 0.2) is 0 Å². The largest absolute Gasteiger partial charge is 0.490 e. The molecular formula is C15H14ClF3N4O4. The van der Waals surface area contributed by atoms with Gasteiger partial charge in [-0.25, -0.2) is 4.79 Å². The maximum absolute atomic E-state index is 12.7. The first-order valence-corrected chi connectivity index (χ1v) is 7.79. The van der Waals surface area contributed by atoms with Gasteiger partial charge in [-0.3, -0.25) is 14.6 Å². The van der Waals surface area contributed by atoms with E-state index >= 15 is 0 Å². The first-order chi connectivity index (χ1) is 12.5. The van der Waals surface area contributed by atoms with Crippen molar-refractivity contribution in [2.75, 3.05) is 12.3 Å². The molecule has 0 aliphatic carbocycles. The van der Waals surface area contributed by atoms with Gasteiger partial charge >= 0.3 is 11.9 Å². The number of nitrogen functional groups attached to an aromatic ring is 1. The average Bonchev–Trinajstić information content (AvgIpc) is 2.56. The molecule has 0 saturated carbocycles. The van der Waals surface area contributed by atoms with Crippen LogP contribution in [0.4, 0.5) is 18.9 Å². The van der Waals surface area contributed by atoms with Crippen molar-refractivity contribution in [2.24, 2.45) is 0 Å². The summed E-state index contributed by atoms with van der Waals surface area (Å²) in [6.45, 7) is 1.25. The molecule has 0 aliphatic rings. The molecule has 0 saturated heterocycles. The van der Waals surface area contributed by atoms with Crippen LogP contribution in [0.1, 0.15) is 23.0 Å². The van der Waals surface area contributed by atoms with E-state index in [4.69, 9.17) is 22.1 Å². The Morgan fingerprint density at radius 1 is 1.33 bits per heavy atom. The standard InChI is InChI=1S/C15H14ClF3N4O4/c1-6(21-13(25)11-10(20)12(24)23-14(26)22-11)5-27-9-4-7(15(17,18)19)2-3-8(9)16/h2-4,6H,5,20H2,1H3,(H,21,25)(H2,22,23,24,26). The molecule has 146 valence electrons. The molecule has 1 unspecified atom stereocenters. The van der Waals surface area contributed by atoms with E-state index in [1.807, 2.05) is 4.98 Å². The number of alkyl halides is 3. The van der Waals surface area contributed by atoms with E-state index in [0.29, 0.717) is 0 Å². The quantitative estimate of drug-likeness (QED) is 0.598. The van der Waals surface area contributed by atoms with Gasteiger partial charge in [0.1, 0.15) is 23.7 Å². The van der Waals surface area contributed by atoms with E-state index in [0.717, 1.165) is 18.2 Å². The molecular weight excluding hydrogens is 393 g/mol. The van der Waals surface area contributed by atoms with Crippen LogP contribution in [-0.4, -0.2) is 28.5 Å². The lowest BCUT2D eigenvalue weighted by Crippen LogP contribution is -2.40. The summed E-state index contributed by atoms with van der Waals surface area (Å²) in [5.41, 5.74) is 1.74. The van der Waals surface area contributed by atoms with Gasteiger partial charge in [-0.15, -0.1) is 0 Å². The third-order valence-electron chi connectivity index (χ3n) is 3.33. The molecule has 1 heterocycles. The second kappa shape index (κ2) is 7.74. The lowest BCUT2D eigenvalue weighted by Gasteiger charge is -2.17. The number of anilines is 1. The van der Waals surface area contributed by atoms with Gasteiger partial charge in [0, 0.05) is 0 Å². The highest BCUT2D eigenvalue weighted by molar-refractivity contribution is 6.32. The second-order valence-corrected chi connectivity index (χ2v) is 5.93. The van der Waals surface area contributed by atoms with Gasteiger partial charge in [0.2, 0.25) is 0 Å². The number of hydrogen-bond acceptors (Lipinski definition) is 5. The number of rotatable bonds is 5. The van der Waals surface area contributed by atoms with E-state index in [9.17, 15) is 27.6 Å². The van der Waals surface area contributed by atoms with Crippen LogP contribution < -0.4 is 27.0 Å². The van der Waals surface area contributed by atoms with Crippen LogP contribution in [0.25, 0.3) is 0 Å². The van der Waals surface area contributed by atoms with E-state index < -0.39 is 46.3 Å². The normalized spacial score (nSPS) is 12.5. The number of benzene rings is 1. The van der Waals surface area contributed by atoms with Crippen molar-refractivity contribution < 1.29 is 22.7 Å². The summed E-state index contributed by atoms with van der Waals surface area (Å²) in [6, 6.07) is 1.88. The summed E-state index contributed by atoms with van der Waals surface area (Å²) < 4.78 is 43.4. The number of aromatic nitrogens is 2. The molecule has 0 aliphatic heterocycles. The monoisotopic (exact) mass is 406 g/mol. The maximum atomic E-state index is 12.7. The highest BCUT2D eigenvalue weighted by atomic mass is 35.5. The number of amides is 1. The van der Waals surface area contributed by atoms with Gasteiger partial charge in [-0.2, -0.15) is 13.2 Å². The fourth-order valence-electron chi connectivity index (χ4n) is 2.02. The molecule has 1 aromatic carbocycles. The highest BCUT2D eigenvalue weighted by Gasteiger charge is 2.31. The van der Waals surface area contributed by atoms with E-state index in [1.54, 1.807) is 0 Å². The topological polar surface area (TPSA) is 130 Å². The fourth-order valence-corrected chi connectivity index (χ4v) is 2.19. The van der Waals surface area contributed by atoms with Crippen molar-refractivity contribution in [1.82, 2.24) is 15.3 Å². The number of hydrogen-bond donors (Lipinski definition) is 4. The Hall–Kier alpha value is -2.95. The highest BCUT2D eigenvalue weighted by Crippen LogP contribution is 2.34. The Morgan fingerprint density at radius 2 is 2.00 bits per heavy atom. The lowest BCUT2D eigenvalue weighted by atomic mass is 10.2. The Balaban J connectivity index is 2.07. The zero-order valence-corrected chi connectivity index (χ0v) is 14.5.